The Morgan fingerprint density at radius 3 is 0.485 bits per heavy atom. The molecule has 6 N–H and O–H groups in total. The normalized spacial score (nSPS) is 16.5. The molecule has 0 aromatic carbocycles. The van der Waals surface area contributed by atoms with E-state index in [1.807, 2.05) is 0 Å². The summed E-state index contributed by atoms with van der Waals surface area (Å²) in [4.78, 5) is 92.7. The van der Waals surface area contributed by atoms with Crippen molar-refractivity contribution in [2.45, 2.75) is 119 Å². The summed E-state index contributed by atoms with van der Waals surface area (Å²) >= 11 is 0. The van der Waals surface area contributed by atoms with Gasteiger partial charge in [-0.15, -0.1) is 0 Å². The zero-order chi connectivity index (χ0) is 48.6. The first kappa shape index (κ1) is 60.6. The number of nitrogens with zero attached hydrogens (tertiary/aromatic N) is 6. The fourth-order valence-corrected chi connectivity index (χ4v) is 7.30. The molecule has 1 saturated heterocycles. The van der Waals surface area contributed by atoms with Gasteiger partial charge in [-0.2, -0.15) is 0 Å². The highest BCUT2D eigenvalue weighted by atomic mass is 16.2. The van der Waals surface area contributed by atoms with Gasteiger partial charge in [0.15, 0.2) is 0 Å². The van der Waals surface area contributed by atoms with Crippen LogP contribution in [0.3, 0.4) is 0 Å². The van der Waals surface area contributed by atoms with Crippen LogP contribution in [0.5, 0.6) is 0 Å². The standard InChI is InChI=1S/C48H96N12O6/c1-7-13-19-49-43(61)37-55-25-27-56(38-44(62)50-20-14-8-2)29-31-58(40-46(64)52-22-16-10-4)33-35-60(42-48(66)54-24-18-12-6)36-34-59(41-47(65)53-23-17-11-5)32-30-57(28-26-55)39-45(63)51-21-15-9-3/h7-42H2,1-6H3,(H,49,61)(H,50,62)(H,51,63)(H,52,64)(H,53,65)(H,54,66). The molecule has 1 aliphatic rings. The summed E-state index contributed by atoms with van der Waals surface area (Å²) in [6.07, 6.45) is 11.1. The van der Waals surface area contributed by atoms with E-state index >= 15 is 0 Å². The average molecular weight is 937 g/mol. The van der Waals surface area contributed by atoms with E-state index in [0.29, 0.717) is 118 Å². The second-order valence-electron chi connectivity index (χ2n) is 17.9. The van der Waals surface area contributed by atoms with Crippen molar-refractivity contribution in [3.8, 4) is 0 Å². The first-order valence-corrected chi connectivity index (χ1v) is 25.9. The van der Waals surface area contributed by atoms with Crippen molar-refractivity contribution >= 4 is 35.4 Å². The molecular formula is C48H96N12O6. The first-order valence-electron chi connectivity index (χ1n) is 25.9. The zero-order valence-electron chi connectivity index (χ0n) is 42.6. The van der Waals surface area contributed by atoms with Gasteiger partial charge in [0, 0.05) is 118 Å². The second-order valence-corrected chi connectivity index (χ2v) is 17.9. The molecule has 18 heteroatoms. The molecule has 0 aromatic heterocycles. The predicted octanol–water partition coefficient (Wildman–Crippen LogP) is 1.31. The van der Waals surface area contributed by atoms with E-state index in [0.717, 1.165) is 77.0 Å². The van der Waals surface area contributed by atoms with Crippen molar-refractivity contribution in [3.63, 3.8) is 0 Å². The molecule has 1 fully saturated rings. The molecule has 0 unspecified atom stereocenters. The van der Waals surface area contributed by atoms with Gasteiger partial charge in [-0.25, -0.2) is 0 Å². The van der Waals surface area contributed by atoms with Crippen molar-refractivity contribution < 1.29 is 28.8 Å². The lowest BCUT2D eigenvalue weighted by atomic mass is 10.3. The molecule has 0 saturated carbocycles. The molecule has 0 aliphatic carbocycles. The van der Waals surface area contributed by atoms with Crippen LogP contribution >= 0.6 is 0 Å². The first-order chi connectivity index (χ1) is 32.0. The van der Waals surface area contributed by atoms with Gasteiger partial charge in [0.05, 0.1) is 39.3 Å². The molecule has 0 spiro atoms. The molecule has 6 amide bonds. The van der Waals surface area contributed by atoms with Crippen molar-refractivity contribution in [1.29, 1.82) is 0 Å². The Balaban J connectivity index is 3.70. The summed E-state index contributed by atoms with van der Waals surface area (Å²) < 4.78 is 0. The number of amides is 6. The Kier molecular flexibility index (Phi) is 37.3. The molecule has 384 valence electrons. The maximum absolute atomic E-state index is 13.3. The Hall–Kier alpha value is -3.42. The maximum Gasteiger partial charge on any atom is 0.234 e. The lowest BCUT2D eigenvalue weighted by molar-refractivity contribution is -0.125. The minimum absolute atomic E-state index is 0.0672. The quantitative estimate of drug-likeness (QED) is 0.0567. The van der Waals surface area contributed by atoms with Gasteiger partial charge in [0.1, 0.15) is 0 Å². The third kappa shape index (κ3) is 33.1. The van der Waals surface area contributed by atoms with Crippen LogP contribution in [0.1, 0.15) is 119 Å². The maximum atomic E-state index is 13.3. The van der Waals surface area contributed by atoms with Gasteiger partial charge in [-0.05, 0) is 38.5 Å². The number of carbonyl (C=O) groups excluding carboxylic acids is 6. The van der Waals surface area contributed by atoms with E-state index in [1.165, 1.54) is 0 Å². The Bertz CT molecular complexity index is 1040. The number of nitrogens with one attached hydrogen (secondary N) is 6. The second kappa shape index (κ2) is 40.6. The van der Waals surface area contributed by atoms with Crippen LogP contribution in [-0.4, -0.2) is 222 Å². The lowest BCUT2D eigenvalue weighted by Crippen LogP contribution is -2.51. The summed E-state index contributed by atoms with van der Waals surface area (Å²) in [6.45, 7) is 23.2. The minimum Gasteiger partial charge on any atom is -0.355 e. The highest BCUT2D eigenvalue weighted by molar-refractivity contribution is 5.80. The fraction of sp³-hybridized carbons (Fsp3) is 0.875. The molecule has 0 atom stereocenters. The molecule has 1 aliphatic heterocycles. The van der Waals surface area contributed by atoms with E-state index in [9.17, 15) is 28.8 Å². The fourth-order valence-electron chi connectivity index (χ4n) is 7.30. The van der Waals surface area contributed by atoms with E-state index in [-0.39, 0.29) is 74.7 Å². The largest absolute Gasteiger partial charge is 0.355 e. The van der Waals surface area contributed by atoms with Crippen LogP contribution in [0.4, 0.5) is 0 Å². The summed E-state index contributed by atoms with van der Waals surface area (Å²) in [7, 11) is 0. The summed E-state index contributed by atoms with van der Waals surface area (Å²) in [5.74, 6) is -0.403. The lowest BCUT2D eigenvalue weighted by Gasteiger charge is -2.33. The number of hydrogen-bond acceptors (Lipinski definition) is 12. The van der Waals surface area contributed by atoms with E-state index < -0.39 is 0 Å². The van der Waals surface area contributed by atoms with Crippen LogP contribution in [-0.2, 0) is 28.8 Å². The number of unbranched alkanes of at least 4 members (excludes halogenated alkanes) is 6. The van der Waals surface area contributed by atoms with Gasteiger partial charge in [-0.3, -0.25) is 58.2 Å². The Morgan fingerprint density at radius 2 is 0.379 bits per heavy atom. The topological polar surface area (TPSA) is 194 Å². The smallest absolute Gasteiger partial charge is 0.234 e. The molecule has 0 bridgehead atoms. The monoisotopic (exact) mass is 937 g/mol. The van der Waals surface area contributed by atoms with Gasteiger partial charge in [0.2, 0.25) is 35.4 Å². The van der Waals surface area contributed by atoms with Crippen molar-refractivity contribution in [3.05, 3.63) is 0 Å². The van der Waals surface area contributed by atoms with Crippen molar-refractivity contribution in [2.75, 3.05) is 157 Å². The highest BCUT2D eigenvalue weighted by Crippen LogP contribution is 2.04. The van der Waals surface area contributed by atoms with Crippen LogP contribution in [0.2, 0.25) is 0 Å². The summed E-state index contributed by atoms with van der Waals surface area (Å²) in [5.41, 5.74) is 0. The Labute approximate surface area is 400 Å². The van der Waals surface area contributed by atoms with Crippen molar-refractivity contribution in [1.82, 2.24) is 61.3 Å². The number of hydrogen-bond donors (Lipinski definition) is 6. The van der Waals surface area contributed by atoms with Crippen LogP contribution < -0.4 is 31.9 Å². The Morgan fingerprint density at radius 1 is 0.258 bits per heavy atom. The number of rotatable bonds is 30. The van der Waals surface area contributed by atoms with E-state index in [1.54, 1.807) is 0 Å². The molecule has 0 radical (unpaired) electrons. The van der Waals surface area contributed by atoms with Gasteiger partial charge in [-0.1, -0.05) is 80.1 Å². The third-order valence-corrected chi connectivity index (χ3v) is 11.7. The summed E-state index contributed by atoms with van der Waals surface area (Å²) in [5, 5.41) is 18.4. The zero-order valence-corrected chi connectivity index (χ0v) is 42.6. The van der Waals surface area contributed by atoms with Gasteiger partial charge < -0.3 is 31.9 Å². The van der Waals surface area contributed by atoms with Crippen LogP contribution in [0.15, 0.2) is 0 Å². The molecule has 1 heterocycles. The minimum atomic E-state index is -0.0672. The molecule has 18 nitrogen and oxygen atoms in total. The SMILES string of the molecule is CCCCNC(=O)CN1CCN(CC(=O)NCCCC)CCN(CC(=O)NCCCC)CCN(CC(=O)NCCCC)CCN(CC(=O)NCCCC)CCN(CC(=O)NCCCC)CC1. The molecule has 0 aromatic rings. The van der Waals surface area contributed by atoms with E-state index in [4.69, 9.17) is 0 Å². The molecule has 66 heavy (non-hydrogen) atoms. The molecule has 1 rings (SSSR count). The number of carbonyl (C=O) groups is 6. The van der Waals surface area contributed by atoms with Crippen LogP contribution in [0, 0.1) is 0 Å². The van der Waals surface area contributed by atoms with E-state index in [2.05, 4.69) is 103 Å². The predicted molar refractivity (Wildman–Crippen MR) is 266 cm³/mol. The third-order valence-electron chi connectivity index (χ3n) is 11.7. The molecular weight excluding hydrogens is 841 g/mol. The van der Waals surface area contributed by atoms with Crippen molar-refractivity contribution in [2.24, 2.45) is 0 Å². The highest BCUT2D eigenvalue weighted by Gasteiger charge is 2.23. The van der Waals surface area contributed by atoms with Gasteiger partial charge in [0.25, 0.3) is 0 Å². The van der Waals surface area contributed by atoms with Crippen LogP contribution in [0.25, 0.3) is 0 Å². The summed E-state index contributed by atoms with van der Waals surface area (Å²) in [6, 6.07) is 0. The average Bonchev–Trinajstić information content (AvgIpc) is 3.28. The van der Waals surface area contributed by atoms with Gasteiger partial charge >= 0.3 is 0 Å².